The third-order valence-corrected chi connectivity index (χ3v) is 5.87. The maximum Gasteiger partial charge on any atom is 0.240 e. The largest absolute Gasteiger partial charge is 0.492 e. The number of nitrogens with one attached hydrogen (secondary N) is 2. The maximum atomic E-state index is 12.4. The molecule has 0 spiro atoms. The first kappa shape index (κ1) is 22.9. The molecule has 0 heterocycles. The van der Waals surface area contributed by atoms with E-state index in [1.165, 1.54) is 0 Å². The molecule has 0 saturated heterocycles. The van der Waals surface area contributed by atoms with E-state index in [1.54, 1.807) is 12.1 Å². The molecular formula is C22H30N2O4S. The fourth-order valence-electron chi connectivity index (χ4n) is 2.60. The van der Waals surface area contributed by atoms with E-state index in [1.807, 2.05) is 43.3 Å². The van der Waals surface area contributed by atoms with E-state index in [-0.39, 0.29) is 29.2 Å². The molecule has 0 aliphatic heterocycles. The van der Waals surface area contributed by atoms with Gasteiger partial charge in [-0.05, 0) is 42.2 Å². The van der Waals surface area contributed by atoms with E-state index in [4.69, 9.17) is 4.74 Å². The lowest BCUT2D eigenvalue weighted by Crippen LogP contribution is -2.32. The van der Waals surface area contributed by atoms with Gasteiger partial charge in [0.15, 0.2) is 0 Å². The van der Waals surface area contributed by atoms with Crippen LogP contribution in [0, 0.1) is 6.92 Å². The highest BCUT2D eigenvalue weighted by Crippen LogP contribution is 2.23. The molecule has 2 aromatic rings. The Hall–Kier alpha value is -2.38. The van der Waals surface area contributed by atoms with Crippen molar-refractivity contribution in [1.29, 1.82) is 0 Å². The van der Waals surface area contributed by atoms with Gasteiger partial charge in [-0.2, -0.15) is 0 Å². The van der Waals surface area contributed by atoms with Gasteiger partial charge < -0.3 is 10.1 Å². The van der Waals surface area contributed by atoms with Gasteiger partial charge in [0.2, 0.25) is 15.9 Å². The first-order chi connectivity index (χ1) is 13.6. The Bertz CT molecular complexity index is 899. The number of aryl methyl sites for hydroxylation is 1. The molecule has 7 heteroatoms. The van der Waals surface area contributed by atoms with Crippen molar-refractivity contribution < 1.29 is 17.9 Å². The molecule has 0 aromatic heterocycles. The second-order valence-corrected chi connectivity index (χ2v) is 9.70. The SMILES string of the molecule is Cc1ccc(OCCNC(=O)CCNS(=O)(=O)c2ccc(C(C)(C)C)cc2)cc1. The van der Waals surface area contributed by atoms with E-state index in [2.05, 4.69) is 30.8 Å². The third kappa shape index (κ3) is 7.51. The Morgan fingerprint density at radius 2 is 1.59 bits per heavy atom. The van der Waals surface area contributed by atoms with Crippen LogP contribution < -0.4 is 14.8 Å². The summed E-state index contributed by atoms with van der Waals surface area (Å²) in [5, 5.41) is 2.72. The average Bonchev–Trinajstić information content (AvgIpc) is 2.66. The zero-order valence-corrected chi connectivity index (χ0v) is 18.3. The molecular weight excluding hydrogens is 388 g/mol. The minimum atomic E-state index is -3.64. The summed E-state index contributed by atoms with van der Waals surface area (Å²) in [6.07, 6.45) is 0.0594. The number of carbonyl (C=O) groups excluding carboxylic acids is 1. The van der Waals surface area contributed by atoms with Gasteiger partial charge in [0.25, 0.3) is 0 Å². The number of carbonyl (C=O) groups is 1. The van der Waals surface area contributed by atoms with E-state index in [0.29, 0.717) is 13.2 Å². The Morgan fingerprint density at radius 1 is 0.966 bits per heavy atom. The van der Waals surface area contributed by atoms with E-state index in [0.717, 1.165) is 16.9 Å². The van der Waals surface area contributed by atoms with Gasteiger partial charge in [-0.3, -0.25) is 4.79 Å². The van der Waals surface area contributed by atoms with Gasteiger partial charge in [-0.1, -0.05) is 50.6 Å². The highest BCUT2D eigenvalue weighted by atomic mass is 32.2. The molecule has 158 valence electrons. The number of benzene rings is 2. The van der Waals surface area contributed by atoms with Crippen molar-refractivity contribution in [2.45, 2.75) is 44.4 Å². The van der Waals surface area contributed by atoms with Crippen LogP contribution in [0.5, 0.6) is 5.75 Å². The van der Waals surface area contributed by atoms with E-state index in [9.17, 15) is 13.2 Å². The van der Waals surface area contributed by atoms with Gasteiger partial charge in [0, 0.05) is 13.0 Å². The number of sulfonamides is 1. The Labute approximate surface area is 173 Å². The summed E-state index contributed by atoms with van der Waals surface area (Å²) in [6, 6.07) is 14.5. The summed E-state index contributed by atoms with van der Waals surface area (Å²) in [6.45, 7) is 8.94. The zero-order valence-electron chi connectivity index (χ0n) is 17.5. The molecule has 29 heavy (non-hydrogen) atoms. The van der Waals surface area contributed by atoms with Gasteiger partial charge >= 0.3 is 0 Å². The van der Waals surface area contributed by atoms with E-state index >= 15 is 0 Å². The fourth-order valence-corrected chi connectivity index (χ4v) is 3.63. The number of ether oxygens (including phenoxy) is 1. The summed E-state index contributed by atoms with van der Waals surface area (Å²) in [4.78, 5) is 12.1. The van der Waals surface area contributed by atoms with Crippen LogP contribution in [0.2, 0.25) is 0 Å². The lowest BCUT2D eigenvalue weighted by atomic mass is 9.87. The van der Waals surface area contributed by atoms with Crippen LogP contribution in [0.25, 0.3) is 0 Å². The monoisotopic (exact) mass is 418 g/mol. The molecule has 0 aliphatic carbocycles. The number of hydrogen-bond donors (Lipinski definition) is 2. The summed E-state index contributed by atoms with van der Waals surface area (Å²) in [5.41, 5.74) is 2.17. The molecule has 0 saturated carbocycles. The lowest BCUT2D eigenvalue weighted by molar-refractivity contribution is -0.121. The second-order valence-electron chi connectivity index (χ2n) is 7.93. The van der Waals surface area contributed by atoms with Crippen LogP contribution in [-0.2, 0) is 20.2 Å². The predicted molar refractivity (Wildman–Crippen MR) is 115 cm³/mol. The number of hydrogen-bond acceptors (Lipinski definition) is 4. The molecule has 2 rings (SSSR count). The van der Waals surface area contributed by atoms with Crippen LogP contribution in [0.1, 0.15) is 38.3 Å². The van der Waals surface area contributed by atoms with Crippen molar-refractivity contribution in [3.63, 3.8) is 0 Å². The highest BCUT2D eigenvalue weighted by Gasteiger charge is 2.17. The van der Waals surface area contributed by atoms with Crippen LogP contribution in [-0.4, -0.2) is 34.0 Å². The van der Waals surface area contributed by atoms with Crippen LogP contribution in [0.3, 0.4) is 0 Å². The van der Waals surface area contributed by atoms with E-state index < -0.39 is 10.0 Å². The van der Waals surface area contributed by atoms with Crippen LogP contribution in [0.4, 0.5) is 0 Å². The number of rotatable bonds is 9. The average molecular weight is 419 g/mol. The maximum absolute atomic E-state index is 12.4. The predicted octanol–water partition coefficient (Wildman–Crippen LogP) is 3.16. The van der Waals surface area contributed by atoms with Crippen LogP contribution in [0.15, 0.2) is 53.4 Å². The lowest BCUT2D eigenvalue weighted by Gasteiger charge is -2.19. The molecule has 2 N–H and O–H groups in total. The molecule has 0 atom stereocenters. The molecule has 0 fully saturated rings. The smallest absolute Gasteiger partial charge is 0.240 e. The Morgan fingerprint density at radius 3 is 2.17 bits per heavy atom. The Kier molecular flexibility index (Phi) is 7.81. The molecule has 2 aromatic carbocycles. The van der Waals surface area contributed by atoms with Gasteiger partial charge in [-0.25, -0.2) is 13.1 Å². The number of amides is 1. The summed E-state index contributed by atoms with van der Waals surface area (Å²) in [7, 11) is -3.64. The highest BCUT2D eigenvalue weighted by molar-refractivity contribution is 7.89. The standard InChI is InChI=1S/C22H30N2O4S/c1-17-5-9-19(10-6-17)28-16-15-23-21(25)13-14-24-29(26,27)20-11-7-18(8-12-20)22(2,3)4/h5-12,24H,13-16H2,1-4H3,(H,23,25). The molecule has 1 amide bonds. The fraction of sp³-hybridized carbons (Fsp3) is 0.409. The molecule has 0 unspecified atom stereocenters. The van der Waals surface area contributed by atoms with Crippen molar-refractivity contribution in [1.82, 2.24) is 10.0 Å². The zero-order chi connectivity index (χ0) is 21.5. The van der Waals surface area contributed by atoms with Crippen LogP contribution >= 0.6 is 0 Å². The molecule has 0 bridgehead atoms. The van der Waals surface area contributed by atoms with Crippen molar-refractivity contribution >= 4 is 15.9 Å². The normalized spacial score (nSPS) is 11.9. The third-order valence-electron chi connectivity index (χ3n) is 4.39. The van der Waals surface area contributed by atoms with Crippen molar-refractivity contribution in [3.8, 4) is 5.75 Å². The minimum absolute atomic E-state index is 0.0357. The summed E-state index contributed by atoms with van der Waals surface area (Å²) < 4.78 is 32.7. The van der Waals surface area contributed by atoms with Gasteiger partial charge in [-0.15, -0.1) is 0 Å². The van der Waals surface area contributed by atoms with Gasteiger partial charge in [0.05, 0.1) is 11.4 Å². The summed E-state index contributed by atoms with van der Waals surface area (Å²) in [5.74, 6) is 0.512. The minimum Gasteiger partial charge on any atom is -0.492 e. The first-order valence-corrected chi connectivity index (χ1v) is 11.1. The molecule has 6 nitrogen and oxygen atoms in total. The quantitative estimate of drug-likeness (QED) is 0.613. The van der Waals surface area contributed by atoms with Crippen molar-refractivity contribution in [2.24, 2.45) is 0 Å². The summed E-state index contributed by atoms with van der Waals surface area (Å²) >= 11 is 0. The molecule has 0 aliphatic rings. The molecule has 0 radical (unpaired) electrons. The topological polar surface area (TPSA) is 84.5 Å². The van der Waals surface area contributed by atoms with Gasteiger partial charge in [0.1, 0.15) is 12.4 Å². The van der Waals surface area contributed by atoms with Crippen molar-refractivity contribution in [2.75, 3.05) is 19.7 Å². The van der Waals surface area contributed by atoms with Crippen molar-refractivity contribution in [3.05, 3.63) is 59.7 Å². The first-order valence-electron chi connectivity index (χ1n) is 9.64. The second kappa shape index (κ2) is 9.89. The Balaban J connectivity index is 1.71.